The summed E-state index contributed by atoms with van der Waals surface area (Å²) in [5, 5.41) is 10.5. The molecule has 5 heteroatoms. The molecule has 0 saturated carbocycles. The molecule has 0 heterocycles. The van der Waals surface area contributed by atoms with Gasteiger partial charge in [-0.15, -0.1) is 0 Å². The van der Waals surface area contributed by atoms with E-state index in [0.29, 0.717) is 28.6 Å². The van der Waals surface area contributed by atoms with Crippen LogP contribution in [-0.4, -0.2) is 32.5 Å². The van der Waals surface area contributed by atoms with E-state index in [1.54, 1.807) is 52.5 Å². The molecule has 2 unspecified atom stereocenters. The van der Waals surface area contributed by atoms with Gasteiger partial charge >= 0.3 is 0 Å². The molecule has 2 rings (SSSR count). The minimum absolute atomic E-state index is 0.468. The fraction of sp³-hybridized carbons (Fsp3) is 0.333. The standard InChI is InChI=1S/C18H22O5/c1-12(23-16-8-6-5-7-14(16)20-2)18(19)13-9-10-15(21-3)17(11-13)22-4/h5-12,18-19H,1-4H3. The Kier molecular flexibility index (Phi) is 5.71. The third kappa shape index (κ3) is 3.87. The topological polar surface area (TPSA) is 57.2 Å². The van der Waals surface area contributed by atoms with Gasteiger partial charge in [-0.3, -0.25) is 0 Å². The maximum absolute atomic E-state index is 10.5. The van der Waals surface area contributed by atoms with E-state index in [9.17, 15) is 5.11 Å². The van der Waals surface area contributed by atoms with Crippen molar-refractivity contribution in [3.8, 4) is 23.0 Å². The molecule has 1 N–H and O–H groups in total. The highest BCUT2D eigenvalue weighted by molar-refractivity contribution is 5.44. The van der Waals surface area contributed by atoms with Crippen LogP contribution in [0.4, 0.5) is 0 Å². The predicted molar refractivity (Wildman–Crippen MR) is 87.6 cm³/mol. The number of ether oxygens (including phenoxy) is 4. The number of para-hydroxylation sites is 2. The Balaban J connectivity index is 2.17. The number of aliphatic hydroxyl groups is 1. The molecular formula is C18H22O5. The number of aliphatic hydroxyl groups excluding tert-OH is 1. The molecule has 2 aromatic carbocycles. The van der Waals surface area contributed by atoms with Crippen LogP contribution in [0.2, 0.25) is 0 Å². The van der Waals surface area contributed by atoms with Crippen molar-refractivity contribution in [2.24, 2.45) is 0 Å². The van der Waals surface area contributed by atoms with Crippen LogP contribution in [0.5, 0.6) is 23.0 Å². The summed E-state index contributed by atoms with van der Waals surface area (Å²) in [6.45, 7) is 1.80. The molecule has 0 saturated heterocycles. The second-order valence-corrected chi connectivity index (χ2v) is 5.03. The van der Waals surface area contributed by atoms with E-state index in [1.807, 2.05) is 18.2 Å². The Morgan fingerprint density at radius 3 is 1.96 bits per heavy atom. The van der Waals surface area contributed by atoms with E-state index in [2.05, 4.69) is 0 Å². The van der Waals surface area contributed by atoms with Crippen LogP contribution in [0.15, 0.2) is 42.5 Å². The lowest BCUT2D eigenvalue weighted by Crippen LogP contribution is -2.22. The molecule has 0 amide bonds. The number of rotatable bonds is 7. The van der Waals surface area contributed by atoms with Gasteiger partial charge in [0.2, 0.25) is 0 Å². The van der Waals surface area contributed by atoms with Crippen LogP contribution in [0.25, 0.3) is 0 Å². The zero-order valence-electron chi connectivity index (χ0n) is 13.8. The zero-order chi connectivity index (χ0) is 16.8. The third-order valence-corrected chi connectivity index (χ3v) is 3.58. The maximum Gasteiger partial charge on any atom is 0.161 e. The summed E-state index contributed by atoms with van der Waals surface area (Å²) >= 11 is 0. The molecule has 0 radical (unpaired) electrons. The van der Waals surface area contributed by atoms with Crippen molar-refractivity contribution in [2.45, 2.75) is 19.1 Å². The average molecular weight is 318 g/mol. The van der Waals surface area contributed by atoms with Gasteiger partial charge < -0.3 is 24.1 Å². The zero-order valence-corrected chi connectivity index (χ0v) is 13.8. The van der Waals surface area contributed by atoms with E-state index in [1.165, 1.54) is 0 Å². The molecule has 0 fully saturated rings. The second kappa shape index (κ2) is 7.74. The fourth-order valence-electron chi connectivity index (χ4n) is 2.29. The summed E-state index contributed by atoms with van der Waals surface area (Å²) in [5.74, 6) is 2.39. The molecule has 0 aliphatic rings. The summed E-state index contributed by atoms with van der Waals surface area (Å²) in [7, 11) is 4.71. The summed E-state index contributed by atoms with van der Waals surface area (Å²) in [5.41, 5.74) is 0.685. The monoisotopic (exact) mass is 318 g/mol. The van der Waals surface area contributed by atoms with Gasteiger partial charge in [-0.1, -0.05) is 18.2 Å². The first kappa shape index (κ1) is 17.0. The predicted octanol–water partition coefficient (Wildman–Crippen LogP) is 3.21. The highest BCUT2D eigenvalue weighted by Gasteiger charge is 2.21. The Labute approximate surface area is 136 Å². The van der Waals surface area contributed by atoms with Crippen molar-refractivity contribution in [1.82, 2.24) is 0 Å². The molecule has 23 heavy (non-hydrogen) atoms. The first-order valence-corrected chi connectivity index (χ1v) is 7.30. The summed E-state index contributed by atoms with van der Waals surface area (Å²) < 4.78 is 21.6. The van der Waals surface area contributed by atoms with E-state index >= 15 is 0 Å². The van der Waals surface area contributed by atoms with Crippen LogP contribution in [0.1, 0.15) is 18.6 Å². The lowest BCUT2D eigenvalue weighted by atomic mass is 10.0. The minimum atomic E-state index is -0.820. The summed E-state index contributed by atoms with van der Waals surface area (Å²) in [6.07, 6.45) is -1.29. The quantitative estimate of drug-likeness (QED) is 0.849. The third-order valence-electron chi connectivity index (χ3n) is 3.58. The molecule has 0 aliphatic heterocycles. The number of hydrogen-bond acceptors (Lipinski definition) is 5. The molecule has 2 atom stereocenters. The van der Waals surface area contributed by atoms with Crippen LogP contribution < -0.4 is 18.9 Å². The van der Waals surface area contributed by atoms with Gasteiger partial charge in [0.25, 0.3) is 0 Å². The van der Waals surface area contributed by atoms with E-state index in [0.717, 1.165) is 0 Å². The SMILES string of the molecule is COc1ccc(C(O)C(C)Oc2ccccc2OC)cc1OC. The molecule has 5 nitrogen and oxygen atoms in total. The highest BCUT2D eigenvalue weighted by atomic mass is 16.5. The smallest absolute Gasteiger partial charge is 0.161 e. The molecule has 0 aromatic heterocycles. The fourth-order valence-corrected chi connectivity index (χ4v) is 2.29. The average Bonchev–Trinajstić information content (AvgIpc) is 2.60. The first-order chi connectivity index (χ1) is 11.1. The lowest BCUT2D eigenvalue weighted by molar-refractivity contribution is 0.0450. The van der Waals surface area contributed by atoms with Crippen molar-refractivity contribution >= 4 is 0 Å². The van der Waals surface area contributed by atoms with E-state index < -0.39 is 12.2 Å². The molecule has 0 aliphatic carbocycles. The number of hydrogen-bond donors (Lipinski definition) is 1. The van der Waals surface area contributed by atoms with Gasteiger partial charge in [0.1, 0.15) is 12.2 Å². The summed E-state index contributed by atoms with van der Waals surface area (Å²) in [4.78, 5) is 0. The molecule has 0 bridgehead atoms. The van der Waals surface area contributed by atoms with Gasteiger partial charge in [-0.05, 0) is 36.8 Å². The van der Waals surface area contributed by atoms with Crippen molar-refractivity contribution in [3.05, 3.63) is 48.0 Å². The minimum Gasteiger partial charge on any atom is -0.493 e. The Bertz CT molecular complexity index is 641. The largest absolute Gasteiger partial charge is 0.493 e. The van der Waals surface area contributed by atoms with E-state index in [-0.39, 0.29) is 0 Å². The van der Waals surface area contributed by atoms with E-state index in [4.69, 9.17) is 18.9 Å². The van der Waals surface area contributed by atoms with Gasteiger partial charge in [0.05, 0.1) is 21.3 Å². The molecular weight excluding hydrogens is 296 g/mol. The van der Waals surface area contributed by atoms with Crippen molar-refractivity contribution in [1.29, 1.82) is 0 Å². The van der Waals surface area contributed by atoms with Crippen LogP contribution in [-0.2, 0) is 0 Å². The highest BCUT2D eigenvalue weighted by Crippen LogP contribution is 2.33. The maximum atomic E-state index is 10.5. The number of benzene rings is 2. The lowest BCUT2D eigenvalue weighted by Gasteiger charge is -2.22. The van der Waals surface area contributed by atoms with Gasteiger partial charge in [0.15, 0.2) is 23.0 Å². The number of methoxy groups -OCH3 is 3. The Hall–Kier alpha value is -2.40. The Morgan fingerprint density at radius 2 is 1.35 bits per heavy atom. The second-order valence-electron chi connectivity index (χ2n) is 5.03. The summed E-state index contributed by atoms with van der Waals surface area (Å²) in [6, 6.07) is 12.6. The molecule has 0 spiro atoms. The van der Waals surface area contributed by atoms with Gasteiger partial charge in [-0.25, -0.2) is 0 Å². The van der Waals surface area contributed by atoms with Gasteiger partial charge in [-0.2, -0.15) is 0 Å². The normalized spacial score (nSPS) is 13.1. The van der Waals surface area contributed by atoms with Gasteiger partial charge in [0, 0.05) is 0 Å². The van der Waals surface area contributed by atoms with Crippen LogP contribution in [0, 0.1) is 0 Å². The molecule has 2 aromatic rings. The molecule has 124 valence electrons. The first-order valence-electron chi connectivity index (χ1n) is 7.30. The van der Waals surface area contributed by atoms with Crippen LogP contribution >= 0.6 is 0 Å². The van der Waals surface area contributed by atoms with Crippen molar-refractivity contribution in [2.75, 3.05) is 21.3 Å². The van der Waals surface area contributed by atoms with Crippen molar-refractivity contribution in [3.63, 3.8) is 0 Å². The van der Waals surface area contributed by atoms with Crippen molar-refractivity contribution < 1.29 is 24.1 Å². The van der Waals surface area contributed by atoms with Crippen LogP contribution in [0.3, 0.4) is 0 Å². The Morgan fingerprint density at radius 1 is 0.783 bits per heavy atom.